The molecule has 4 N–H and O–H groups in total. The van der Waals surface area contributed by atoms with Crippen LogP contribution in [0, 0.1) is 16.0 Å². The largest absolute Gasteiger partial charge is 0.355 e. The number of nitro groups is 1. The summed E-state index contributed by atoms with van der Waals surface area (Å²) in [6.07, 6.45) is 3.30. The smallest absolute Gasteiger partial charge is 0.269 e. The molecule has 0 radical (unpaired) electrons. The van der Waals surface area contributed by atoms with Crippen molar-refractivity contribution >= 4 is 34.0 Å². The van der Waals surface area contributed by atoms with Gasteiger partial charge in [0, 0.05) is 37.2 Å². The van der Waals surface area contributed by atoms with Crippen LogP contribution in [0.15, 0.2) is 29.2 Å². The van der Waals surface area contributed by atoms with Crippen LogP contribution < -0.4 is 15.8 Å². The zero-order valence-corrected chi connectivity index (χ0v) is 15.7. The van der Waals surface area contributed by atoms with Crippen molar-refractivity contribution in [1.82, 2.24) is 10.0 Å². The second-order valence-corrected chi connectivity index (χ2v) is 7.83. The Hall–Kier alpha value is -1.75. The van der Waals surface area contributed by atoms with Gasteiger partial charge in [-0.15, -0.1) is 12.4 Å². The lowest BCUT2D eigenvalue weighted by atomic mass is 9.85. The normalized spacial score (nSPS) is 20.0. The minimum absolute atomic E-state index is 0. The second-order valence-electron chi connectivity index (χ2n) is 6.06. The van der Waals surface area contributed by atoms with Crippen LogP contribution in [0.5, 0.6) is 0 Å². The van der Waals surface area contributed by atoms with Crippen LogP contribution in [0.3, 0.4) is 0 Å². The number of benzene rings is 1. The van der Waals surface area contributed by atoms with Crippen molar-refractivity contribution in [1.29, 1.82) is 0 Å². The number of carbonyl (C=O) groups excluding carboxylic acids is 1. The van der Waals surface area contributed by atoms with E-state index in [4.69, 9.17) is 5.73 Å². The molecule has 0 aliphatic heterocycles. The van der Waals surface area contributed by atoms with Gasteiger partial charge in [0.2, 0.25) is 15.9 Å². The van der Waals surface area contributed by atoms with E-state index in [1.165, 1.54) is 12.1 Å². The number of nitrogens with two attached hydrogens (primary N) is 1. The molecule has 1 aliphatic carbocycles. The Labute approximate surface area is 158 Å². The van der Waals surface area contributed by atoms with E-state index in [1.54, 1.807) is 0 Å². The number of nitrogens with zero attached hydrogens (tertiary/aromatic N) is 1. The highest BCUT2D eigenvalue weighted by Crippen LogP contribution is 2.23. The van der Waals surface area contributed by atoms with E-state index in [1.807, 2.05) is 0 Å². The Balaban J connectivity index is 0.00000338. The van der Waals surface area contributed by atoms with Crippen molar-refractivity contribution in [3.05, 3.63) is 34.4 Å². The number of amides is 1. The summed E-state index contributed by atoms with van der Waals surface area (Å²) in [7, 11) is -3.78. The average Bonchev–Trinajstić information content (AvgIpc) is 2.58. The van der Waals surface area contributed by atoms with Crippen LogP contribution in [0.2, 0.25) is 0 Å². The standard InChI is InChI=1S/C15H22N4O5S.ClH/c16-12-3-1-2-11(10-12)15(20)17-8-9-18-25(23,24)14-6-4-13(5-7-14)19(21)22;/h4-7,11-12,18H,1-3,8-10,16H2,(H,17,20);1H. The summed E-state index contributed by atoms with van der Waals surface area (Å²) in [5.41, 5.74) is 5.67. The van der Waals surface area contributed by atoms with Gasteiger partial charge in [-0.2, -0.15) is 0 Å². The number of sulfonamides is 1. The zero-order valence-electron chi connectivity index (χ0n) is 14.1. The fraction of sp³-hybridized carbons (Fsp3) is 0.533. The molecule has 2 rings (SSSR count). The topological polar surface area (TPSA) is 144 Å². The average molecular weight is 407 g/mol. The highest BCUT2D eigenvalue weighted by molar-refractivity contribution is 7.89. The molecule has 2 unspecified atom stereocenters. The summed E-state index contributed by atoms with van der Waals surface area (Å²) in [6.45, 7) is 0.195. The Morgan fingerprint density at radius 1 is 1.23 bits per heavy atom. The predicted octanol–water partition coefficient (Wildman–Crippen LogP) is 0.929. The fourth-order valence-corrected chi connectivity index (χ4v) is 3.84. The molecule has 0 heterocycles. The summed E-state index contributed by atoms with van der Waals surface area (Å²) >= 11 is 0. The SMILES string of the molecule is Cl.NC1CCCC(C(=O)NCCNS(=O)(=O)c2ccc([N+](=O)[O-])cc2)C1. The highest BCUT2D eigenvalue weighted by Gasteiger charge is 2.25. The van der Waals surface area contributed by atoms with Crippen LogP contribution in [0.25, 0.3) is 0 Å². The van der Waals surface area contributed by atoms with Crippen LogP contribution >= 0.6 is 12.4 Å². The van der Waals surface area contributed by atoms with Gasteiger partial charge in [0.05, 0.1) is 9.82 Å². The molecular formula is C15H23ClN4O5S. The van der Waals surface area contributed by atoms with E-state index in [9.17, 15) is 23.3 Å². The summed E-state index contributed by atoms with van der Waals surface area (Å²) in [5, 5.41) is 13.3. The molecule has 1 fully saturated rings. The van der Waals surface area contributed by atoms with Crippen LogP contribution in [0.4, 0.5) is 5.69 Å². The third-order valence-electron chi connectivity index (χ3n) is 4.16. The fourth-order valence-electron chi connectivity index (χ4n) is 2.81. The summed E-state index contributed by atoms with van der Waals surface area (Å²) in [5.74, 6) is -0.222. The summed E-state index contributed by atoms with van der Waals surface area (Å²) < 4.78 is 26.5. The van der Waals surface area contributed by atoms with E-state index in [0.29, 0.717) is 6.42 Å². The quantitative estimate of drug-likeness (QED) is 0.349. The first-order valence-corrected chi connectivity index (χ1v) is 9.55. The number of hydrogen-bond acceptors (Lipinski definition) is 6. The van der Waals surface area contributed by atoms with Gasteiger partial charge in [-0.3, -0.25) is 14.9 Å². The number of hydrogen-bond donors (Lipinski definition) is 3. The Morgan fingerprint density at radius 3 is 2.46 bits per heavy atom. The van der Waals surface area contributed by atoms with Gasteiger partial charge >= 0.3 is 0 Å². The van der Waals surface area contributed by atoms with Crippen molar-refractivity contribution in [2.75, 3.05) is 13.1 Å². The zero-order chi connectivity index (χ0) is 18.4. The first-order chi connectivity index (χ1) is 11.8. The van der Waals surface area contributed by atoms with Gasteiger partial charge in [0.25, 0.3) is 5.69 Å². The predicted molar refractivity (Wildman–Crippen MR) is 98.5 cm³/mol. The lowest BCUT2D eigenvalue weighted by Crippen LogP contribution is -2.40. The van der Waals surface area contributed by atoms with Gasteiger partial charge in [-0.05, 0) is 31.4 Å². The molecule has 0 bridgehead atoms. The van der Waals surface area contributed by atoms with Gasteiger partial charge in [-0.25, -0.2) is 13.1 Å². The number of non-ortho nitro benzene ring substituents is 1. The number of rotatable bonds is 7. The molecule has 146 valence electrons. The van der Waals surface area contributed by atoms with Crippen LogP contribution in [0.1, 0.15) is 25.7 Å². The van der Waals surface area contributed by atoms with Gasteiger partial charge < -0.3 is 11.1 Å². The minimum atomic E-state index is -3.78. The Morgan fingerprint density at radius 2 is 1.88 bits per heavy atom. The Bertz CT molecular complexity index is 726. The first kappa shape index (κ1) is 22.3. The molecule has 1 amide bonds. The molecule has 11 heteroatoms. The van der Waals surface area contributed by atoms with Crippen molar-refractivity contribution < 1.29 is 18.1 Å². The molecule has 1 saturated carbocycles. The van der Waals surface area contributed by atoms with Crippen molar-refractivity contribution in [3.8, 4) is 0 Å². The summed E-state index contributed by atoms with van der Waals surface area (Å²) in [6, 6.07) is 4.64. The van der Waals surface area contributed by atoms with E-state index in [0.717, 1.165) is 31.4 Å². The van der Waals surface area contributed by atoms with Crippen LogP contribution in [-0.2, 0) is 14.8 Å². The Kier molecular flexibility index (Phi) is 8.41. The number of nitrogens with one attached hydrogen (secondary N) is 2. The molecule has 26 heavy (non-hydrogen) atoms. The number of carbonyl (C=O) groups is 1. The monoisotopic (exact) mass is 406 g/mol. The van der Waals surface area contributed by atoms with Gasteiger partial charge in [0.1, 0.15) is 0 Å². The van der Waals surface area contributed by atoms with Crippen LogP contribution in [-0.4, -0.2) is 38.4 Å². The van der Waals surface area contributed by atoms with Gasteiger partial charge in [0.15, 0.2) is 0 Å². The maximum Gasteiger partial charge on any atom is 0.269 e. The minimum Gasteiger partial charge on any atom is -0.355 e. The van der Waals surface area contributed by atoms with Gasteiger partial charge in [-0.1, -0.05) is 6.42 Å². The molecule has 2 atom stereocenters. The lowest BCUT2D eigenvalue weighted by Gasteiger charge is -2.25. The van der Waals surface area contributed by atoms with Crippen molar-refractivity contribution in [2.45, 2.75) is 36.6 Å². The molecule has 1 aromatic carbocycles. The molecular weight excluding hydrogens is 384 g/mol. The molecule has 9 nitrogen and oxygen atoms in total. The first-order valence-electron chi connectivity index (χ1n) is 8.07. The molecule has 1 aliphatic rings. The lowest BCUT2D eigenvalue weighted by molar-refractivity contribution is -0.384. The van der Waals surface area contributed by atoms with E-state index < -0.39 is 14.9 Å². The van der Waals surface area contributed by atoms with Crippen molar-refractivity contribution in [2.24, 2.45) is 11.7 Å². The maximum atomic E-state index is 12.1. The number of nitro benzene ring substituents is 1. The van der Waals surface area contributed by atoms with Crippen molar-refractivity contribution in [3.63, 3.8) is 0 Å². The third kappa shape index (κ3) is 6.20. The third-order valence-corrected chi connectivity index (χ3v) is 5.64. The highest BCUT2D eigenvalue weighted by atomic mass is 35.5. The van der Waals surface area contributed by atoms with E-state index in [-0.39, 0.29) is 53.9 Å². The van der Waals surface area contributed by atoms with E-state index >= 15 is 0 Å². The molecule has 0 saturated heterocycles. The van der Waals surface area contributed by atoms with E-state index in [2.05, 4.69) is 10.0 Å². The second kappa shape index (κ2) is 9.81. The number of halogens is 1. The summed E-state index contributed by atoms with van der Waals surface area (Å²) in [4.78, 5) is 21.9. The molecule has 0 aromatic heterocycles. The molecule has 1 aromatic rings. The maximum absolute atomic E-state index is 12.1. The molecule has 0 spiro atoms.